The number of hydrogen-bond donors (Lipinski definition) is 1. The Balaban J connectivity index is 0.00000200. The second-order valence-corrected chi connectivity index (χ2v) is 5.03. The highest BCUT2D eigenvalue weighted by Gasteiger charge is 2.21. The van der Waals surface area contributed by atoms with Crippen molar-refractivity contribution < 1.29 is 9.47 Å². The summed E-state index contributed by atoms with van der Waals surface area (Å²) in [6.07, 6.45) is 3.42. The molecule has 1 fully saturated rings. The van der Waals surface area contributed by atoms with E-state index in [2.05, 4.69) is 24.4 Å². The third kappa shape index (κ3) is 3.80. The van der Waals surface area contributed by atoms with Gasteiger partial charge >= 0.3 is 0 Å². The number of methoxy groups -OCH3 is 1. The van der Waals surface area contributed by atoms with E-state index in [4.69, 9.17) is 9.47 Å². The van der Waals surface area contributed by atoms with Gasteiger partial charge in [0, 0.05) is 18.0 Å². The Labute approximate surface area is 128 Å². The summed E-state index contributed by atoms with van der Waals surface area (Å²) in [5.74, 6) is 2.56. The van der Waals surface area contributed by atoms with Crippen LogP contribution in [0, 0.1) is 0 Å². The van der Waals surface area contributed by atoms with Gasteiger partial charge in [0.15, 0.2) is 0 Å². The zero-order valence-electron chi connectivity index (χ0n) is 12.7. The van der Waals surface area contributed by atoms with Gasteiger partial charge in [0.2, 0.25) is 0 Å². The lowest BCUT2D eigenvalue weighted by molar-refractivity contribution is 0.332. The van der Waals surface area contributed by atoms with Crippen LogP contribution in [0.4, 0.5) is 0 Å². The zero-order valence-corrected chi connectivity index (χ0v) is 13.5. The van der Waals surface area contributed by atoms with Gasteiger partial charge in [-0.2, -0.15) is 0 Å². The number of aryl methyl sites for hydroxylation is 1. The van der Waals surface area contributed by atoms with Crippen molar-refractivity contribution in [3.63, 3.8) is 0 Å². The molecule has 3 nitrogen and oxygen atoms in total. The smallest absolute Gasteiger partial charge is 0.123 e. The van der Waals surface area contributed by atoms with Crippen LogP contribution in [-0.2, 0) is 6.42 Å². The van der Waals surface area contributed by atoms with Crippen LogP contribution in [0.3, 0.4) is 0 Å². The second kappa shape index (κ2) is 8.38. The van der Waals surface area contributed by atoms with Gasteiger partial charge in [-0.15, -0.1) is 12.4 Å². The van der Waals surface area contributed by atoms with Crippen LogP contribution in [0.5, 0.6) is 11.5 Å². The minimum Gasteiger partial charge on any atom is -0.496 e. The minimum atomic E-state index is 0. The molecule has 1 aliphatic rings. The highest BCUT2D eigenvalue weighted by Crippen LogP contribution is 2.36. The lowest BCUT2D eigenvalue weighted by Crippen LogP contribution is -2.28. The van der Waals surface area contributed by atoms with Crippen molar-refractivity contribution >= 4 is 12.4 Å². The summed E-state index contributed by atoms with van der Waals surface area (Å²) in [6, 6.07) is 4.34. The van der Waals surface area contributed by atoms with E-state index in [1.807, 2.05) is 6.92 Å². The van der Waals surface area contributed by atoms with Crippen LogP contribution in [0.2, 0.25) is 0 Å². The Hall–Kier alpha value is -0.930. The van der Waals surface area contributed by atoms with Crippen molar-refractivity contribution in [3.05, 3.63) is 23.3 Å². The highest BCUT2D eigenvalue weighted by atomic mass is 35.5. The summed E-state index contributed by atoms with van der Waals surface area (Å²) < 4.78 is 11.4. The van der Waals surface area contributed by atoms with E-state index in [0.717, 1.165) is 31.0 Å². The fourth-order valence-electron chi connectivity index (χ4n) is 2.80. The van der Waals surface area contributed by atoms with E-state index in [-0.39, 0.29) is 12.4 Å². The molecule has 0 spiro atoms. The van der Waals surface area contributed by atoms with Crippen LogP contribution in [0.25, 0.3) is 0 Å². The monoisotopic (exact) mass is 299 g/mol. The van der Waals surface area contributed by atoms with Gasteiger partial charge in [-0.25, -0.2) is 0 Å². The van der Waals surface area contributed by atoms with Crippen LogP contribution in [0.1, 0.15) is 43.7 Å². The lowest BCUT2D eigenvalue weighted by atomic mass is 9.89. The van der Waals surface area contributed by atoms with Crippen molar-refractivity contribution in [2.45, 2.75) is 39.0 Å². The molecule has 0 radical (unpaired) electrons. The van der Waals surface area contributed by atoms with E-state index >= 15 is 0 Å². The predicted octanol–water partition coefficient (Wildman–Crippen LogP) is 3.55. The average molecular weight is 300 g/mol. The van der Waals surface area contributed by atoms with Crippen molar-refractivity contribution in [1.29, 1.82) is 0 Å². The van der Waals surface area contributed by atoms with Gasteiger partial charge in [0.05, 0.1) is 13.7 Å². The maximum Gasteiger partial charge on any atom is 0.123 e. The predicted molar refractivity (Wildman–Crippen MR) is 85.6 cm³/mol. The summed E-state index contributed by atoms with van der Waals surface area (Å²) in [6.45, 7) is 7.06. The topological polar surface area (TPSA) is 30.5 Å². The lowest BCUT2D eigenvalue weighted by Gasteiger charge is -2.26. The molecule has 0 bridgehead atoms. The van der Waals surface area contributed by atoms with Gasteiger partial charge < -0.3 is 14.8 Å². The Bertz CT molecular complexity index is 417. The summed E-state index contributed by atoms with van der Waals surface area (Å²) in [7, 11) is 1.76. The fraction of sp³-hybridized carbons (Fsp3) is 0.625. The van der Waals surface area contributed by atoms with Gasteiger partial charge in [-0.05, 0) is 50.4 Å². The number of ether oxygens (including phenoxy) is 2. The normalized spacial score (nSPS) is 18.2. The van der Waals surface area contributed by atoms with Gasteiger partial charge in [-0.1, -0.05) is 6.92 Å². The number of piperidine rings is 1. The number of hydrogen-bond acceptors (Lipinski definition) is 3. The van der Waals surface area contributed by atoms with Crippen molar-refractivity contribution in [2.75, 3.05) is 26.8 Å². The van der Waals surface area contributed by atoms with E-state index < -0.39 is 0 Å². The molecule has 2 rings (SSSR count). The second-order valence-electron chi connectivity index (χ2n) is 5.03. The molecule has 1 aliphatic heterocycles. The Morgan fingerprint density at radius 2 is 2.05 bits per heavy atom. The third-order valence-corrected chi connectivity index (χ3v) is 3.83. The molecule has 4 heteroatoms. The van der Waals surface area contributed by atoms with Crippen molar-refractivity contribution in [2.24, 2.45) is 0 Å². The Morgan fingerprint density at radius 1 is 1.25 bits per heavy atom. The quantitative estimate of drug-likeness (QED) is 0.902. The van der Waals surface area contributed by atoms with Crippen LogP contribution < -0.4 is 14.8 Å². The van der Waals surface area contributed by atoms with Crippen molar-refractivity contribution in [3.8, 4) is 11.5 Å². The minimum absolute atomic E-state index is 0. The molecule has 1 aromatic rings. The van der Waals surface area contributed by atoms with Gasteiger partial charge in [0.25, 0.3) is 0 Å². The number of benzene rings is 1. The van der Waals surface area contributed by atoms with E-state index in [0.29, 0.717) is 12.5 Å². The van der Waals surface area contributed by atoms with Crippen LogP contribution in [-0.4, -0.2) is 26.8 Å². The zero-order chi connectivity index (χ0) is 13.7. The molecule has 114 valence electrons. The molecule has 0 aromatic heterocycles. The van der Waals surface area contributed by atoms with Gasteiger partial charge in [0.1, 0.15) is 11.5 Å². The molecule has 1 N–H and O–H groups in total. The average Bonchev–Trinajstić information content (AvgIpc) is 2.48. The molecule has 0 aliphatic carbocycles. The summed E-state index contributed by atoms with van der Waals surface area (Å²) in [5.41, 5.74) is 2.52. The van der Waals surface area contributed by atoms with Gasteiger partial charge in [-0.3, -0.25) is 0 Å². The third-order valence-electron chi connectivity index (χ3n) is 3.83. The maximum atomic E-state index is 5.78. The van der Waals surface area contributed by atoms with E-state index in [1.165, 1.54) is 24.0 Å². The van der Waals surface area contributed by atoms with E-state index in [9.17, 15) is 0 Å². The first-order valence-electron chi connectivity index (χ1n) is 7.34. The summed E-state index contributed by atoms with van der Waals surface area (Å²) >= 11 is 0. The Morgan fingerprint density at radius 3 is 2.60 bits per heavy atom. The number of halogens is 1. The van der Waals surface area contributed by atoms with Crippen LogP contribution in [0.15, 0.2) is 12.1 Å². The maximum absolute atomic E-state index is 5.78. The Kier molecular flexibility index (Phi) is 7.17. The first kappa shape index (κ1) is 17.1. The molecule has 20 heavy (non-hydrogen) atoms. The summed E-state index contributed by atoms with van der Waals surface area (Å²) in [5, 5.41) is 3.47. The standard InChI is InChI=1S/C16H25NO2.ClH/c1-4-12-9-16(18-3)14(10-15(12)19-5-2)13-7-6-8-17-11-13;/h9-10,13,17H,4-8,11H2,1-3H3;1H/t13-;/m1./s1. The molecule has 1 saturated heterocycles. The van der Waals surface area contributed by atoms with Crippen LogP contribution >= 0.6 is 12.4 Å². The van der Waals surface area contributed by atoms with Crippen molar-refractivity contribution in [1.82, 2.24) is 5.32 Å². The molecule has 0 amide bonds. The molecular formula is C16H26ClNO2. The summed E-state index contributed by atoms with van der Waals surface area (Å²) in [4.78, 5) is 0. The molecule has 1 aromatic carbocycles. The van der Waals surface area contributed by atoms with E-state index in [1.54, 1.807) is 7.11 Å². The molecule has 1 atom stereocenters. The SMILES string of the molecule is CCOc1cc([C@@H]2CCCNC2)c(OC)cc1CC.Cl. The molecule has 0 saturated carbocycles. The first-order valence-corrected chi connectivity index (χ1v) is 7.34. The number of nitrogens with one attached hydrogen (secondary N) is 1. The fourth-order valence-corrected chi connectivity index (χ4v) is 2.80. The largest absolute Gasteiger partial charge is 0.496 e. The molecule has 1 heterocycles. The molecule has 0 unspecified atom stereocenters. The first-order chi connectivity index (χ1) is 9.30. The number of rotatable bonds is 5. The molecular weight excluding hydrogens is 274 g/mol. The highest BCUT2D eigenvalue weighted by molar-refractivity contribution is 5.85.